The highest BCUT2D eigenvalue weighted by molar-refractivity contribution is 7.80. The number of benzene rings is 1. The number of hydrogen-bond donors (Lipinski definition) is 1. The number of phenols is 1. The molecule has 0 bridgehead atoms. The molecule has 1 N–H and O–H groups in total. The second kappa shape index (κ2) is 5.70. The second-order valence-corrected chi connectivity index (χ2v) is 3.90. The van der Waals surface area contributed by atoms with Crippen molar-refractivity contribution in [2.24, 2.45) is 0 Å². The summed E-state index contributed by atoms with van der Waals surface area (Å²) in [7, 11) is 1.94. The van der Waals surface area contributed by atoms with Crippen LogP contribution in [-0.2, 0) is 0 Å². The van der Waals surface area contributed by atoms with Crippen LogP contribution < -0.4 is 4.90 Å². The molecule has 0 amide bonds. The lowest BCUT2D eigenvalue weighted by molar-refractivity contribution is 0.466. The molecule has 0 unspecified atom stereocenters. The summed E-state index contributed by atoms with van der Waals surface area (Å²) in [6.45, 7) is 5.97. The van der Waals surface area contributed by atoms with Gasteiger partial charge in [0.25, 0.3) is 0 Å². The van der Waals surface area contributed by atoms with Gasteiger partial charge in [0.05, 0.1) is 0 Å². The third-order valence-corrected chi connectivity index (χ3v) is 3.09. The Kier molecular flexibility index (Phi) is 4.55. The predicted octanol–water partition coefficient (Wildman–Crippen LogP) is 2.46. The summed E-state index contributed by atoms with van der Waals surface area (Å²) in [5.74, 6) is 0.269. The number of rotatable bonds is 3. The molecule has 0 aliphatic heterocycles. The number of phenolic OH excluding ortho intramolecular Hbond substituents is 1. The smallest absolute Gasteiger partial charge is 0.175 e. The van der Waals surface area contributed by atoms with Gasteiger partial charge in [-0.25, -0.2) is 0 Å². The predicted molar refractivity (Wildman–Crippen MR) is 72.0 cm³/mol. The maximum atomic E-state index is 9.22. The molecule has 1 aromatic carbocycles. The summed E-state index contributed by atoms with van der Waals surface area (Å²) in [5, 5.41) is 10.0. The molecule has 0 saturated heterocycles. The van der Waals surface area contributed by atoms with Crippen LogP contribution in [0.15, 0.2) is 24.3 Å². The van der Waals surface area contributed by atoms with Crippen LogP contribution >= 0.6 is 12.2 Å². The van der Waals surface area contributed by atoms with Crippen LogP contribution in [0.1, 0.15) is 13.8 Å². The van der Waals surface area contributed by atoms with Crippen molar-refractivity contribution >= 4 is 23.0 Å². The van der Waals surface area contributed by atoms with Crippen LogP contribution in [-0.4, -0.2) is 35.3 Å². The monoisotopic (exact) mass is 238 g/mol. The highest BCUT2D eigenvalue weighted by Gasteiger charge is 2.11. The molecule has 0 spiro atoms. The fraction of sp³-hybridized carbons (Fsp3) is 0.417. The molecule has 0 aromatic heterocycles. The third kappa shape index (κ3) is 2.85. The van der Waals surface area contributed by atoms with Gasteiger partial charge in [-0.15, -0.1) is 0 Å². The Morgan fingerprint density at radius 1 is 1.19 bits per heavy atom. The Labute approximate surface area is 102 Å². The van der Waals surface area contributed by atoms with Crippen LogP contribution in [0.5, 0.6) is 5.75 Å². The van der Waals surface area contributed by atoms with E-state index in [0.29, 0.717) is 0 Å². The first-order valence-corrected chi connectivity index (χ1v) is 5.82. The first kappa shape index (κ1) is 12.8. The summed E-state index contributed by atoms with van der Waals surface area (Å²) >= 11 is 5.40. The Morgan fingerprint density at radius 3 is 2.12 bits per heavy atom. The maximum absolute atomic E-state index is 9.22. The van der Waals surface area contributed by atoms with E-state index < -0.39 is 0 Å². The van der Waals surface area contributed by atoms with Crippen molar-refractivity contribution in [3.8, 4) is 5.75 Å². The van der Waals surface area contributed by atoms with E-state index in [4.69, 9.17) is 12.2 Å². The van der Waals surface area contributed by atoms with Crippen molar-refractivity contribution < 1.29 is 5.11 Å². The molecule has 1 aromatic rings. The Hall–Kier alpha value is -1.29. The highest BCUT2D eigenvalue weighted by Crippen LogP contribution is 2.18. The quantitative estimate of drug-likeness (QED) is 0.818. The van der Waals surface area contributed by atoms with Gasteiger partial charge in [-0.1, -0.05) is 0 Å². The zero-order valence-electron chi connectivity index (χ0n) is 9.97. The van der Waals surface area contributed by atoms with Gasteiger partial charge in [0, 0.05) is 25.8 Å². The lowest BCUT2D eigenvalue weighted by Crippen LogP contribution is -2.40. The number of aromatic hydroxyl groups is 1. The van der Waals surface area contributed by atoms with Gasteiger partial charge in [-0.2, -0.15) is 0 Å². The van der Waals surface area contributed by atoms with E-state index in [1.807, 2.05) is 24.1 Å². The normalized spacial score (nSPS) is 9.94. The molecule has 0 saturated carbocycles. The number of thiocarbonyl (C=S) groups is 1. The fourth-order valence-electron chi connectivity index (χ4n) is 1.49. The summed E-state index contributed by atoms with van der Waals surface area (Å²) in [4.78, 5) is 4.06. The lowest BCUT2D eigenvalue weighted by Gasteiger charge is -2.29. The minimum Gasteiger partial charge on any atom is -0.508 e. The molecule has 0 fully saturated rings. The third-order valence-electron chi connectivity index (χ3n) is 2.56. The van der Waals surface area contributed by atoms with Crippen molar-refractivity contribution in [3.05, 3.63) is 24.3 Å². The standard InChI is InChI=1S/C12H18N2OS/c1-4-14(5-2)12(16)13(3)10-6-8-11(15)9-7-10/h6-9,15H,4-5H2,1-3H3. The van der Waals surface area contributed by atoms with E-state index in [-0.39, 0.29) is 5.75 Å². The van der Waals surface area contributed by atoms with Gasteiger partial charge in [0.2, 0.25) is 0 Å². The summed E-state index contributed by atoms with van der Waals surface area (Å²) in [6.07, 6.45) is 0. The lowest BCUT2D eigenvalue weighted by atomic mass is 10.3. The molecule has 88 valence electrons. The minimum absolute atomic E-state index is 0.269. The fourth-order valence-corrected chi connectivity index (χ4v) is 1.86. The highest BCUT2D eigenvalue weighted by atomic mass is 32.1. The topological polar surface area (TPSA) is 26.7 Å². The first-order chi connectivity index (χ1) is 7.60. The van der Waals surface area contributed by atoms with Gasteiger partial charge in [-0.3, -0.25) is 0 Å². The van der Waals surface area contributed by atoms with Crippen molar-refractivity contribution in [2.45, 2.75) is 13.8 Å². The van der Waals surface area contributed by atoms with Crippen LogP contribution in [0.2, 0.25) is 0 Å². The molecule has 0 atom stereocenters. The SMILES string of the molecule is CCN(CC)C(=S)N(C)c1ccc(O)cc1. The summed E-state index contributed by atoms with van der Waals surface area (Å²) < 4.78 is 0. The van der Waals surface area contributed by atoms with Gasteiger partial charge in [0.15, 0.2) is 5.11 Å². The molecular formula is C12H18N2OS. The molecule has 0 radical (unpaired) electrons. The zero-order chi connectivity index (χ0) is 12.1. The molecular weight excluding hydrogens is 220 g/mol. The van der Waals surface area contributed by atoms with E-state index in [9.17, 15) is 5.11 Å². The molecule has 0 aliphatic carbocycles. The van der Waals surface area contributed by atoms with Crippen LogP contribution in [0.25, 0.3) is 0 Å². The van der Waals surface area contributed by atoms with Gasteiger partial charge >= 0.3 is 0 Å². The average Bonchev–Trinajstić information content (AvgIpc) is 2.30. The molecule has 0 heterocycles. The van der Waals surface area contributed by atoms with Crippen molar-refractivity contribution in [1.29, 1.82) is 0 Å². The van der Waals surface area contributed by atoms with Gasteiger partial charge < -0.3 is 14.9 Å². The van der Waals surface area contributed by atoms with Crippen LogP contribution in [0.3, 0.4) is 0 Å². The first-order valence-electron chi connectivity index (χ1n) is 5.41. The molecule has 1 rings (SSSR count). The largest absolute Gasteiger partial charge is 0.508 e. The summed E-state index contributed by atoms with van der Waals surface area (Å²) in [5.41, 5.74) is 0.981. The molecule has 0 aliphatic rings. The zero-order valence-corrected chi connectivity index (χ0v) is 10.8. The Morgan fingerprint density at radius 2 is 1.69 bits per heavy atom. The molecule has 16 heavy (non-hydrogen) atoms. The Bertz CT molecular complexity index is 347. The number of nitrogens with zero attached hydrogens (tertiary/aromatic N) is 2. The van der Waals surface area contributed by atoms with Crippen LogP contribution in [0, 0.1) is 0 Å². The van der Waals surface area contributed by atoms with E-state index >= 15 is 0 Å². The Balaban J connectivity index is 2.81. The number of anilines is 1. The molecule has 3 nitrogen and oxygen atoms in total. The van der Waals surface area contributed by atoms with E-state index in [0.717, 1.165) is 23.9 Å². The van der Waals surface area contributed by atoms with E-state index in [1.54, 1.807) is 12.1 Å². The maximum Gasteiger partial charge on any atom is 0.175 e. The van der Waals surface area contributed by atoms with Crippen molar-refractivity contribution in [3.63, 3.8) is 0 Å². The molecule has 4 heteroatoms. The minimum atomic E-state index is 0.269. The number of hydrogen-bond acceptors (Lipinski definition) is 2. The second-order valence-electron chi connectivity index (χ2n) is 3.53. The van der Waals surface area contributed by atoms with Gasteiger partial charge in [-0.05, 0) is 50.3 Å². The van der Waals surface area contributed by atoms with Crippen molar-refractivity contribution in [1.82, 2.24) is 4.90 Å². The van der Waals surface area contributed by atoms with E-state index in [1.165, 1.54) is 0 Å². The van der Waals surface area contributed by atoms with Crippen molar-refractivity contribution in [2.75, 3.05) is 25.0 Å². The van der Waals surface area contributed by atoms with Gasteiger partial charge in [0.1, 0.15) is 5.75 Å². The average molecular weight is 238 g/mol. The van der Waals surface area contributed by atoms with Crippen LogP contribution in [0.4, 0.5) is 5.69 Å². The summed E-state index contributed by atoms with van der Waals surface area (Å²) in [6, 6.07) is 7.03. The van der Waals surface area contributed by atoms with E-state index in [2.05, 4.69) is 18.7 Å².